The molecule has 6 heteroatoms. The molecule has 2 aromatic rings. The van der Waals surface area contributed by atoms with Crippen molar-refractivity contribution < 1.29 is 8.42 Å². The van der Waals surface area contributed by atoms with E-state index in [-0.39, 0.29) is 9.92 Å². The predicted octanol–water partition coefficient (Wildman–Crippen LogP) is 3.36. The fourth-order valence-electron chi connectivity index (χ4n) is 2.06. The summed E-state index contributed by atoms with van der Waals surface area (Å²) in [5.74, 6) is 0. The quantitative estimate of drug-likeness (QED) is 0.880. The number of hydrogen-bond donors (Lipinski definition) is 1. The summed E-state index contributed by atoms with van der Waals surface area (Å²) in [6.07, 6.45) is 0. The third-order valence-corrected chi connectivity index (χ3v) is 5.65. The van der Waals surface area contributed by atoms with Crippen LogP contribution in [0.3, 0.4) is 0 Å². The summed E-state index contributed by atoms with van der Waals surface area (Å²) in [6.45, 7) is 3.63. The average Bonchev–Trinajstić information content (AvgIpc) is 2.42. The minimum atomic E-state index is -3.76. The summed E-state index contributed by atoms with van der Waals surface area (Å²) in [5.41, 5.74) is 8.43. The zero-order valence-corrected chi connectivity index (χ0v) is 13.7. The van der Waals surface area contributed by atoms with Gasteiger partial charge in [-0.15, -0.1) is 0 Å². The van der Waals surface area contributed by atoms with E-state index in [1.807, 2.05) is 19.1 Å². The second-order valence-corrected chi connectivity index (χ2v) is 7.24. The SMILES string of the molecule is Cc1cc(Cl)c(S(=O)(=O)N(C)c2ccccc2C)cc1N. The van der Waals surface area contributed by atoms with E-state index in [2.05, 4.69) is 0 Å². The van der Waals surface area contributed by atoms with Gasteiger partial charge in [0.25, 0.3) is 10.0 Å². The van der Waals surface area contributed by atoms with Gasteiger partial charge in [-0.2, -0.15) is 0 Å². The minimum absolute atomic E-state index is 0.0121. The Kier molecular flexibility index (Phi) is 4.16. The summed E-state index contributed by atoms with van der Waals surface area (Å²) >= 11 is 6.10. The second-order valence-electron chi connectivity index (χ2n) is 4.90. The Balaban J connectivity index is 2.58. The molecular formula is C15H17ClN2O2S. The number of nitrogen functional groups attached to an aromatic ring is 1. The molecule has 0 aromatic heterocycles. The fraction of sp³-hybridized carbons (Fsp3) is 0.200. The van der Waals surface area contributed by atoms with Crippen LogP contribution in [0, 0.1) is 13.8 Å². The zero-order chi connectivity index (χ0) is 15.8. The van der Waals surface area contributed by atoms with Gasteiger partial charge in [-0.3, -0.25) is 4.31 Å². The Morgan fingerprint density at radius 1 is 1.10 bits per heavy atom. The monoisotopic (exact) mass is 324 g/mol. The van der Waals surface area contributed by atoms with E-state index in [4.69, 9.17) is 17.3 Å². The molecule has 0 amide bonds. The van der Waals surface area contributed by atoms with Crippen LogP contribution in [0.4, 0.5) is 11.4 Å². The lowest BCUT2D eigenvalue weighted by atomic mass is 10.2. The zero-order valence-electron chi connectivity index (χ0n) is 12.1. The largest absolute Gasteiger partial charge is 0.398 e. The molecule has 21 heavy (non-hydrogen) atoms. The second kappa shape index (κ2) is 5.58. The van der Waals surface area contributed by atoms with Gasteiger partial charge < -0.3 is 5.73 Å². The third kappa shape index (κ3) is 2.84. The number of aryl methyl sites for hydroxylation is 2. The van der Waals surface area contributed by atoms with Gasteiger partial charge in [0.05, 0.1) is 10.7 Å². The number of hydrogen-bond acceptors (Lipinski definition) is 3. The minimum Gasteiger partial charge on any atom is -0.398 e. The van der Waals surface area contributed by atoms with Crippen LogP contribution in [0.5, 0.6) is 0 Å². The van der Waals surface area contributed by atoms with Gasteiger partial charge in [0.15, 0.2) is 0 Å². The highest BCUT2D eigenvalue weighted by atomic mass is 35.5. The van der Waals surface area contributed by atoms with Crippen molar-refractivity contribution in [2.75, 3.05) is 17.1 Å². The number of rotatable bonds is 3. The average molecular weight is 325 g/mol. The van der Waals surface area contributed by atoms with Gasteiger partial charge in [0.1, 0.15) is 4.90 Å². The highest BCUT2D eigenvalue weighted by molar-refractivity contribution is 7.93. The highest BCUT2D eigenvalue weighted by Crippen LogP contribution is 2.31. The normalized spacial score (nSPS) is 11.4. The number of halogens is 1. The van der Waals surface area contributed by atoms with E-state index in [0.29, 0.717) is 11.4 Å². The molecule has 112 valence electrons. The predicted molar refractivity (Wildman–Crippen MR) is 87.4 cm³/mol. The summed E-state index contributed by atoms with van der Waals surface area (Å²) < 4.78 is 26.7. The molecule has 0 saturated carbocycles. The van der Waals surface area contributed by atoms with E-state index in [1.165, 1.54) is 17.4 Å². The van der Waals surface area contributed by atoms with Crippen LogP contribution in [0.15, 0.2) is 41.3 Å². The smallest absolute Gasteiger partial charge is 0.265 e. The lowest BCUT2D eigenvalue weighted by Crippen LogP contribution is -2.27. The van der Waals surface area contributed by atoms with Crippen molar-refractivity contribution >= 4 is 33.0 Å². The van der Waals surface area contributed by atoms with Crippen molar-refractivity contribution in [3.63, 3.8) is 0 Å². The van der Waals surface area contributed by atoms with E-state index in [0.717, 1.165) is 11.1 Å². The molecule has 0 unspecified atom stereocenters. The lowest BCUT2D eigenvalue weighted by Gasteiger charge is -2.22. The summed E-state index contributed by atoms with van der Waals surface area (Å²) in [4.78, 5) is 0.0121. The molecule has 0 heterocycles. The summed E-state index contributed by atoms with van der Waals surface area (Å²) in [7, 11) is -2.26. The number of benzene rings is 2. The maximum absolute atomic E-state index is 12.8. The number of nitrogens with two attached hydrogens (primary N) is 1. The van der Waals surface area contributed by atoms with Crippen molar-refractivity contribution in [3.05, 3.63) is 52.5 Å². The van der Waals surface area contributed by atoms with Crippen LogP contribution in [0.25, 0.3) is 0 Å². The van der Waals surface area contributed by atoms with Gasteiger partial charge >= 0.3 is 0 Å². The topological polar surface area (TPSA) is 63.4 Å². The molecule has 0 fully saturated rings. The lowest BCUT2D eigenvalue weighted by molar-refractivity contribution is 0.594. The molecule has 2 aromatic carbocycles. The van der Waals surface area contributed by atoms with Crippen molar-refractivity contribution in [2.45, 2.75) is 18.7 Å². The Morgan fingerprint density at radius 2 is 1.71 bits per heavy atom. The van der Waals surface area contributed by atoms with E-state index < -0.39 is 10.0 Å². The van der Waals surface area contributed by atoms with Gasteiger partial charge in [0, 0.05) is 12.7 Å². The van der Waals surface area contributed by atoms with Crippen LogP contribution in [0.2, 0.25) is 5.02 Å². The molecule has 2 N–H and O–H groups in total. The molecule has 0 atom stereocenters. The molecule has 0 spiro atoms. The molecular weight excluding hydrogens is 308 g/mol. The van der Waals surface area contributed by atoms with Crippen molar-refractivity contribution in [1.29, 1.82) is 0 Å². The first kappa shape index (κ1) is 15.7. The Bertz CT molecular complexity index is 788. The van der Waals surface area contributed by atoms with Crippen LogP contribution in [0.1, 0.15) is 11.1 Å². The van der Waals surface area contributed by atoms with Crippen LogP contribution < -0.4 is 10.0 Å². The maximum atomic E-state index is 12.8. The highest BCUT2D eigenvalue weighted by Gasteiger charge is 2.25. The number of para-hydroxylation sites is 1. The van der Waals surface area contributed by atoms with E-state index in [9.17, 15) is 8.42 Å². The molecule has 0 aliphatic heterocycles. The van der Waals surface area contributed by atoms with E-state index in [1.54, 1.807) is 25.1 Å². The van der Waals surface area contributed by atoms with Crippen LogP contribution in [-0.4, -0.2) is 15.5 Å². The standard InChI is InChI=1S/C15H17ClN2O2S/c1-10-6-4-5-7-14(10)18(3)21(19,20)15-9-13(17)11(2)8-12(15)16/h4-9H,17H2,1-3H3. The van der Waals surface area contributed by atoms with Crippen LogP contribution >= 0.6 is 11.6 Å². The Morgan fingerprint density at radius 3 is 2.33 bits per heavy atom. The molecule has 0 saturated heterocycles. The van der Waals surface area contributed by atoms with Gasteiger partial charge in [-0.05, 0) is 43.2 Å². The van der Waals surface area contributed by atoms with Crippen molar-refractivity contribution in [3.8, 4) is 0 Å². The van der Waals surface area contributed by atoms with E-state index >= 15 is 0 Å². The Labute approximate surface area is 130 Å². The molecule has 4 nitrogen and oxygen atoms in total. The molecule has 0 bridgehead atoms. The number of anilines is 2. The Hall–Kier alpha value is -1.72. The maximum Gasteiger partial charge on any atom is 0.265 e. The molecule has 0 aliphatic carbocycles. The molecule has 0 aliphatic rings. The third-order valence-electron chi connectivity index (χ3n) is 3.41. The van der Waals surface area contributed by atoms with Crippen molar-refractivity contribution in [1.82, 2.24) is 0 Å². The van der Waals surface area contributed by atoms with Gasteiger partial charge in [-0.1, -0.05) is 29.8 Å². The molecule has 2 rings (SSSR count). The summed E-state index contributed by atoms with van der Waals surface area (Å²) in [6, 6.07) is 10.2. The van der Waals surface area contributed by atoms with Gasteiger partial charge in [0.2, 0.25) is 0 Å². The van der Waals surface area contributed by atoms with Gasteiger partial charge in [-0.25, -0.2) is 8.42 Å². The first-order valence-corrected chi connectivity index (χ1v) is 8.17. The summed E-state index contributed by atoms with van der Waals surface area (Å²) in [5, 5.41) is 0.169. The van der Waals surface area contributed by atoms with Crippen LogP contribution in [-0.2, 0) is 10.0 Å². The first-order chi connectivity index (χ1) is 9.75. The molecule has 0 radical (unpaired) electrons. The van der Waals surface area contributed by atoms with Crippen molar-refractivity contribution in [2.24, 2.45) is 0 Å². The fourth-order valence-corrected chi connectivity index (χ4v) is 3.91. The number of nitrogens with zero attached hydrogens (tertiary/aromatic N) is 1. The first-order valence-electron chi connectivity index (χ1n) is 6.35. The number of sulfonamides is 1.